The predicted octanol–water partition coefficient (Wildman–Crippen LogP) is 1.35. The van der Waals surface area contributed by atoms with Crippen LogP contribution < -0.4 is 5.73 Å². The van der Waals surface area contributed by atoms with Crippen molar-refractivity contribution in [2.24, 2.45) is 5.73 Å². The number of rotatable bonds is 3. The zero-order valence-corrected chi connectivity index (χ0v) is 8.66. The summed E-state index contributed by atoms with van der Waals surface area (Å²) >= 11 is 0. The van der Waals surface area contributed by atoms with E-state index in [1.807, 2.05) is 13.8 Å². The lowest BCUT2D eigenvalue weighted by Crippen LogP contribution is -2.34. The monoisotopic (exact) mass is 197 g/mol. The number of nitrogens with two attached hydrogens (primary N) is 1. The molecule has 0 spiro atoms. The first-order valence-corrected chi connectivity index (χ1v) is 4.38. The zero-order valence-electron chi connectivity index (χ0n) is 8.66. The largest absolute Gasteiger partial charge is 0.463 e. The van der Waals surface area contributed by atoms with Gasteiger partial charge in [-0.3, -0.25) is 0 Å². The SMILES string of the molecule is COC(=O)c1ccc(CC(C)(C)N)o1. The van der Waals surface area contributed by atoms with E-state index in [1.54, 1.807) is 12.1 Å². The van der Waals surface area contributed by atoms with Crippen LogP contribution in [-0.4, -0.2) is 18.6 Å². The van der Waals surface area contributed by atoms with Crippen molar-refractivity contribution in [3.63, 3.8) is 0 Å². The van der Waals surface area contributed by atoms with Gasteiger partial charge in [0.25, 0.3) is 0 Å². The number of furan rings is 1. The summed E-state index contributed by atoms with van der Waals surface area (Å²) in [6, 6.07) is 3.33. The number of ether oxygens (including phenoxy) is 1. The highest BCUT2D eigenvalue weighted by molar-refractivity contribution is 5.86. The van der Waals surface area contributed by atoms with Crippen LogP contribution in [0.2, 0.25) is 0 Å². The molecule has 1 rings (SSSR count). The van der Waals surface area contributed by atoms with Crippen LogP contribution in [0.3, 0.4) is 0 Å². The molecule has 0 aliphatic carbocycles. The summed E-state index contributed by atoms with van der Waals surface area (Å²) in [6.07, 6.45) is 0.587. The van der Waals surface area contributed by atoms with Crippen molar-refractivity contribution in [1.29, 1.82) is 0 Å². The second-order valence-corrected chi connectivity index (χ2v) is 3.92. The van der Waals surface area contributed by atoms with Crippen LogP contribution in [0, 0.1) is 0 Å². The van der Waals surface area contributed by atoms with Gasteiger partial charge in [0, 0.05) is 12.0 Å². The lowest BCUT2D eigenvalue weighted by Gasteiger charge is -2.15. The number of hydrogen-bond donors (Lipinski definition) is 1. The second-order valence-electron chi connectivity index (χ2n) is 3.92. The molecule has 4 heteroatoms. The number of hydrogen-bond acceptors (Lipinski definition) is 4. The van der Waals surface area contributed by atoms with Crippen molar-refractivity contribution in [2.45, 2.75) is 25.8 Å². The highest BCUT2D eigenvalue weighted by Crippen LogP contribution is 2.14. The van der Waals surface area contributed by atoms with Crippen molar-refractivity contribution in [3.05, 3.63) is 23.7 Å². The molecular formula is C10H15NO3. The van der Waals surface area contributed by atoms with Crippen LogP contribution in [0.5, 0.6) is 0 Å². The molecule has 0 aliphatic rings. The number of methoxy groups -OCH3 is 1. The van der Waals surface area contributed by atoms with Gasteiger partial charge in [0.05, 0.1) is 7.11 Å². The standard InChI is InChI=1S/C10H15NO3/c1-10(2,11)6-7-4-5-8(14-7)9(12)13-3/h4-5H,6,11H2,1-3H3. The Morgan fingerprint density at radius 3 is 2.71 bits per heavy atom. The average molecular weight is 197 g/mol. The van der Waals surface area contributed by atoms with E-state index < -0.39 is 5.97 Å². The van der Waals surface area contributed by atoms with Gasteiger partial charge in [0.15, 0.2) is 0 Å². The Morgan fingerprint density at radius 1 is 1.57 bits per heavy atom. The first-order valence-electron chi connectivity index (χ1n) is 4.38. The Balaban J connectivity index is 2.74. The Hall–Kier alpha value is -1.29. The molecule has 14 heavy (non-hydrogen) atoms. The first-order chi connectivity index (χ1) is 6.42. The van der Waals surface area contributed by atoms with Gasteiger partial charge in [0.1, 0.15) is 5.76 Å². The van der Waals surface area contributed by atoms with Crippen LogP contribution in [0.25, 0.3) is 0 Å². The summed E-state index contributed by atoms with van der Waals surface area (Å²) in [4.78, 5) is 11.0. The fraction of sp³-hybridized carbons (Fsp3) is 0.500. The Kier molecular flexibility index (Phi) is 2.96. The zero-order chi connectivity index (χ0) is 10.8. The molecule has 0 amide bonds. The molecule has 0 saturated carbocycles. The Labute approximate surface area is 83.0 Å². The van der Waals surface area contributed by atoms with Gasteiger partial charge in [-0.2, -0.15) is 0 Å². The van der Waals surface area contributed by atoms with Crippen LogP contribution in [-0.2, 0) is 11.2 Å². The van der Waals surface area contributed by atoms with Crippen LogP contribution >= 0.6 is 0 Å². The van der Waals surface area contributed by atoms with Gasteiger partial charge in [-0.25, -0.2) is 4.79 Å². The fourth-order valence-electron chi connectivity index (χ4n) is 1.13. The first kappa shape index (κ1) is 10.8. The van der Waals surface area contributed by atoms with E-state index >= 15 is 0 Å². The molecule has 0 aliphatic heterocycles. The van der Waals surface area contributed by atoms with Crippen molar-refractivity contribution in [2.75, 3.05) is 7.11 Å². The van der Waals surface area contributed by atoms with Crippen LogP contribution in [0.1, 0.15) is 30.2 Å². The predicted molar refractivity (Wildman–Crippen MR) is 52.0 cm³/mol. The molecule has 0 unspecified atom stereocenters. The summed E-state index contributed by atoms with van der Waals surface area (Å²) in [6.45, 7) is 3.79. The maximum absolute atomic E-state index is 11.0. The van der Waals surface area contributed by atoms with Crippen molar-refractivity contribution in [1.82, 2.24) is 0 Å². The molecule has 0 fully saturated rings. The maximum Gasteiger partial charge on any atom is 0.373 e. The summed E-state index contributed by atoms with van der Waals surface area (Å²) in [5.41, 5.74) is 5.47. The normalized spacial score (nSPS) is 11.4. The Bertz CT molecular complexity index is 322. The van der Waals surface area contributed by atoms with Gasteiger partial charge in [-0.1, -0.05) is 0 Å². The third-order valence-corrected chi connectivity index (χ3v) is 1.68. The summed E-state index contributed by atoms with van der Waals surface area (Å²) < 4.78 is 9.77. The highest BCUT2D eigenvalue weighted by atomic mass is 16.5. The average Bonchev–Trinajstić information content (AvgIpc) is 2.48. The molecule has 4 nitrogen and oxygen atoms in total. The van der Waals surface area contributed by atoms with E-state index in [1.165, 1.54) is 7.11 Å². The van der Waals surface area contributed by atoms with Crippen LogP contribution in [0.4, 0.5) is 0 Å². The third kappa shape index (κ3) is 2.88. The minimum absolute atomic E-state index is 0.215. The molecule has 1 aromatic rings. The van der Waals surface area contributed by atoms with Crippen molar-refractivity contribution < 1.29 is 13.9 Å². The van der Waals surface area contributed by atoms with Gasteiger partial charge in [-0.15, -0.1) is 0 Å². The van der Waals surface area contributed by atoms with Gasteiger partial charge < -0.3 is 14.9 Å². The van der Waals surface area contributed by atoms with Gasteiger partial charge >= 0.3 is 5.97 Å². The van der Waals surface area contributed by atoms with Crippen molar-refractivity contribution >= 4 is 5.97 Å². The molecule has 0 aromatic carbocycles. The summed E-state index contributed by atoms with van der Waals surface area (Å²) in [5.74, 6) is 0.440. The highest BCUT2D eigenvalue weighted by Gasteiger charge is 2.16. The van der Waals surface area contributed by atoms with E-state index in [4.69, 9.17) is 10.2 Å². The number of carbonyl (C=O) groups is 1. The molecule has 1 aromatic heterocycles. The van der Waals surface area contributed by atoms with E-state index in [-0.39, 0.29) is 11.3 Å². The quantitative estimate of drug-likeness (QED) is 0.743. The van der Waals surface area contributed by atoms with Gasteiger partial charge in [-0.05, 0) is 26.0 Å². The number of carbonyl (C=O) groups excluding carboxylic acids is 1. The Morgan fingerprint density at radius 2 is 2.21 bits per heavy atom. The van der Waals surface area contributed by atoms with Gasteiger partial charge in [0.2, 0.25) is 5.76 Å². The third-order valence-electron chi connectivity index (χ3n) is 1.68. The van der Waals surface area contributed by atoms with Crippen molar-refractivity contribution in [3.8, 4) is 0 Å². The van der Waals surface area contributed by atoms with Crippen LogP contribution in [0.15, 0.2) is 16.5 Å². The maximum atomic E-state index is 11.0. The topological polar surface area (TPSA) is 65.5 Å². The van der Waals surface area contributed by atoms with E-state index in [9.17, 15) is 4.79 Å². The second kappa shape index (κ2) is 3.84. The molecule has 0 bridgehead atoms. The van der Waals surface area contributed by atoms with E-state index in [0.29, 0.717) is 12.2 Å². The van der Waals surface area contributed by atoms with E-state index in [0.717, 1.165) is 0 Å². The minimum atomic E-state index is -0.467. The molecule has 1 heterocycles. The molecular weight excluding hydrogens is 182 g/mol. The molecule has 0 atom stereocenters. The molecule has 2 N–H and O–H groups in total. The fourth-order valence-corrected chi connectivity index (χ4v) is 1.13. The molecule has 0 radical (unpaired) electrons. The summed E-state index contributed by atoms with van der Waals surface area (Å²) in [5, 5.41) is 0. The lowest BCUT2D eigenvalue weighted by atomic mass is 10.0. The lowest BCUT2D eigenvalue weighted by molar-refractivity contribution is 0.0562. The molecule has 78 valence electrons. The van der Waals surface area contributed by atoms with E-state index in [2.05, 4.69) is 4.74 Å². The molecule has 0 saturated heterocycles. The summed E-state index contributed by atoms with van der Waals surface area (Å²) in [7, 11) is 1.32. The minimum Gasteiger partial charge on any atom is -0.463 e. The number of esters is 1. The smallest absolute Gasteiger partial charge is 0.373 e.